The van der Waals surface area contributed by atoms with Crippen LogP contribution >= 0.6 is 0 Å². The number of ether oxygens (including phenoxy) is 1. The van der Waals surface area contributed by atoms with Crippen LogP contribution < -0.4 is 0 Å². The Balaban J connectivity index is 1.87. The third-order valence-corrected chi connectivity index (χ3v) is 3.79. The van der Waals surface area contributed by atoms with Crippen molar-refractivity contribution < 1.29 is 9.53 Å². The number of rotatable bonds is 3. The van der Waals surface area contributed by atoms with E-state index in [2.05, 4.69) is 15.3 Å². The van der Waals surface area contributed by atoms with Gasteiger partial charge in [-0.1, -0.05) is 0 Å². The lowest BCUT2D eigenvalue weighted by atomic mass is 10.1. The molecule has 7 nitrogen and oxygen atoms in total. The van der Waals surface area contributed by atoms with Gasteiger partial charge in [0.15, 0.2) is 0 Å². The number of H-pyrrole nitrogens is 1. The van der Waals surface area contributed by atoms with Gasteiger partial charge in [-0.05, 0) is 19.4 Å². The highest BCUT2D eigenvalue weighted by Crippen LogP contribution is 2.26. The lowest BCUT2D eigenvalue weighted by Gasteiger charge is -2.35. The fraction of sp³-hybridized carbons (Fsp3) is 0.500. The van der Waals surface area contributed by atoms with Gasteiger partial charge in [-0.25, -0.2) is 0 Å². The molecule has 1 atom stereocenters. The van der Waals surface area contributed by atoms with Gasteiger partial charge in [0, 0.05) is 19.3 Å². The summed E-state index contributed by atoms with van der Waals surface area (Å²) in [6, 6.07) is -0.126. The van der Waals surface area contributed by atoms with E-state index in [9.17, 15) is 4.79 Å². The van der Waals surface area contributed by atoms with E-state index < -0.39 is 0 Å². The molecule has 21 heavy (non-hydrogen) atoms. The van der Waals surface area contributed by atoms with Crippen molar-refractivity contribution in [1.82, 2.24) is 24.9 Å². The number of hydrogen-bond donors (Lipinski definition) is 1. The van der Waals surface area contributed by atoms with Crippen LogP contribution in [0.3, 0.4) is 0 Å². The van der Waals surface area contributed by atoms with E-state index in [1.165, 1.54) is 0 Å². The fourth-order valence-corrected chi connectivity index (χ4v) is 2.59. The van der Waals surface area contributed by atoms with Crippen LogP contribution in [-0.2, 0) is 11.3 Å². The van der Waals surface area contributed by atoms with Gasteiger partial charge in [0.1, 0.15) is 0 Å². The minimum Gasteiger partial charge on any atom is -0.377 e. The van der Waals surface area contributed by atoms with Crippen molar-refractivity contribution >= 4 is 5.91 Å². The number of aromatic nitrogens is 4. The van der Waals surface area contributed by atoms with Gasteiger partial charge in [0.25, 0.3) is 5.91 Å². The van der Waals surface area contributed by atoms with Crippen molar-refractivity contribution in [2.75, 3.05) is 19.8 Å². The Morgan fingerprint density at radius 3 is 3.05 bits per heavy atom. The molecule has 3 heterocycles. The summed E-state index contributed by atoms with van der Waals surface area (Å²) in [5, 5.41) is 11.2. The molecule has 0 saturated carbocycles. The second-order valence-electron chi connectivity index (χ2n) is 5.14. The van der Waals surface area contributed by atoms with Crippen molar-refractivity contribution in [3.63, 3.8) is 0 Å². The van der Waals surface area contributed by atoms with Gasteiger partial charge in [0.2, 0.25) is 0 Å². The summed E-state index contributed by atoms with van der Waals surface area (Å²) in [6.45, 7) is 6.32. The first-order valence-electron chi connectivity index (χ1n) is 7.11. The summed E-state index contributed by atoms with van der Waals surface area (Å²) < 4.78 is 7.30. The Labute approximate surface area is 122 Å². The zero-order chi connectivity index (χ0) is 14.8. The number of morpholine rings is 1. The molecule has 0 aliphatic carbocycles. The number of carbonyl (C=O) groups excluding carboxylic acids is 1. The molecule has 2 aromatic rings. The van der Waals surface area contributed by atoms with Crippen molar-refractivity contribution in [3.05, 3.63) is 35.4 Å². The molecule has 2 aromatic heterocycles. The molecule has 1 aliphatic heterocycles. The quantitative estimate of drug-likeness (QED) is 0.919. The monoisotopic (exact) mass is 289 g/mol. The second-order valence-corrected chi connectivity index (χ2v) is 5.14. The van der Waals surface area contributed by atoms with Gasteiger partial charge >= 0.3 is 0 Å². The number of amides is 1. The standard InChI is InChI=1S/C14H19N5O2/c1-3-18-8-11(7-16-18)14(20)19-4-5-21-9-12(19)13-10(2)6-15-17-13/h6-8,12H,3-5,9H2,1-2H3,(H,15,17)/t12-/m0/s1. The average Bonchev–Trinajstić information content (AvgIpc) is 3.15. The molecule has 1 fully saturated rings. The van der Waals surface area contributed by atoms with Crippen LogP contribution in [-0.4, -0.2) is 50.5 Å². The molecular weight excluding hydrogens is 270 g/mol. The molecule has 0 aromatic carbocycles. The zero-order valence-corrected chi connectivity index (χ0v) is 12.2. The Kier molecular flexibility index (Phi) is 3.74. The maximum absolute atomic E-state index is 12.7. The molecule has 0 bridgehead atoms. The molecule has 1 saturated heterocycles. The lowest BCUT2D eigenvalue weighted by Crippen LogP contribution is -2.43. The van der Waals surface area contributed by atoms with Gasteiger partial charge in [-0.3, -0.25) is 14.6 Å². The van der Waals surface area contributed by atoms with Crippen molar-refractivity contribution in [3.8, 4) is 0 Å². The van der Waals surface area contributed by atoms with E-state index in [1.807, 2.05) is 18.7 Å². The molecular formula is C14H19N5O2. The van der Waals surface area contributed by atoms with E-state index in [0.717, 1.165) is 17.8 Å². The van der Waals surface area contributed by atoms with Gasteiger partial charge < -0.3 is 9.64 Å². The van der Waals surface area contributed by atoms with Crippen molar-refractivity contribution in [2.24, 2.45) is 0 Å². The molecule has 1 N–H and O–H groups in total. The average molecular weight is 289 g/mol. The van der Waals surface area contributed by atoms with E-state index in [0.29, 0.717) is 25.3 Å². The van der Waals surface area contributed by atoms with Crippen LogP contribution in [0.15, 0.2) is 18.6 Å². The summed E-state index contributed by atoms with van der Waals surface area (Å²) in [6.07, 6.45) is 5.18. The Hall–Kier alpha value is -2.15. The Morgan fingerprint density at radius 1 is 1.52 bits per heavy atom. The van der Waals surface area contributed by atoms with E-state index in [4.69, 9.17) is 4.74 Å². The zero-order valence-electron chi connectivity index (χ0n) is 12.2. The number of aryl methyl sites for hydroxylation is 2. The van der Waals surface area contributed by atoms with Crippen LogP contribution in [0.1, 0.15) is 34.6 Å². The molecule has 0 spiro atoms. The number of aromatic amines is 1. The van der Waals surface area contributed by atoms with Gasteiger partial charge in [-0.2, -0.15) is 10.2 Å². The maximum Gasteiger partial charge on any atom is 0.257 e. The summed E-state index contributed by atoms with van der Waals surface area (Å²) in [5.41, 5.74) is 2.58. The minimum atomic E-state index is -0.126. The number of carbonyl (C=O) groups is 1. The number of nitrogens with zero attached hydrogens (tertiary/aromatic N) is 4. The highest BCUT2D eigenvalue weighted by Gasteiger charge is 2.31. The summed E-state index contributed by atoms with van der Waals surface area (Å²) >= 11 is 0. The maximum atomic E-state index is 12.7. The Morgan fingerprint density at radius 2 is 2.38 bits per heavy atom. The van der Waals surface area contributed by atoms with Crippen molar-refractivity contribution in [2.45, 2.75) is 26.4 Å². The van der Waals surface area contributed by atoms with Gasteiger partial charge in [-0.15, -0.1) is 0 Å². The summed E-state index contributed by atoms with van der Waals surface area (Å²) in [4.78, 5) is 14.6. The molecule has 7 heteroatoms. The van der Waals surface area contributed by atoms with Crippen LogP contribution in [0.2, 0.25) is 0 Å². The molecule has 0 unspecified atom stereocenters. The third-order valence-electron chi connectivity index (χ3n) is 3.79. The summed E-state index contributed by atoms with van der Waals surface area (Å²) in [7, 11) is 0. The molecule has 1 aliphatic rings. The van der Waals surface area contributed by atoms with Crippen LogP contribution in [0.25, 0.3) is 0 Å². The first-order chi connectivity index (χ1) is 10.2. The topological polar surface area (TPSA) is 76.0 Å². The predicted molar refractivity (Wildman–Crippen MR) is 75.8 cm³/mol. The third kappa shape index (κ3) is 2.56. The molecule has 112 valence electrons. The van der Waals surface area contributed by atoms with Crippen molar-refractivity contribution in [1.29, 1.82) is 0 Å². The largest absolute Gasteiger partial charge is 0.377 e. The van der Waals surface area contributed by atoms with Crippen LogP contribution in [0.4, 0.5) is 0 Å². The highest BCUT2D eigenvalue weighted by molar-refractivity contribution is 5.94. The SMILES string of the molecule is CCn1cc(C(=O)N2CCOC[C@H]2c2[nH]ncc2C)cn1. The summed E-state index contributed by atoms with van der Waals surface area (Å²) in [5.74, 6) is -0.0167. The van der Waals surface area contributed by atoms with E-state index in [-0.39, 0.29) is 11.9 Å². The number of hydrogen-bond acceptors (Lipinski definition) is 4. The number of nitrogens with one attached hydrogen (secondary N) is 1. The highest BCUT2D eigenvalue weighted by atomic mass is 16.5. The van der Waals surface area contributed by atoms with Crippen LogP contribution in [0, 0.1) is 6.92 Å². The smallest absolute Gasteiger partial charge is 0.257 e. The Bertz CT molecular complexity index is 633. The van der Waals surface area contributed by atoms with Crippen LogP contribution in [0.5, 0.6) is 0 Å². The normalized spacial score (nSPS) is 19.0. The van der Waals surface area contributed by atoms with Gasteiger partial charge in [0.05, 0.1) is 42.9 Å². The minimum absolute atomic E-state index is 0.0167. The van der Waals surface area contributed by atoms with E-state index >= 15 is 0 Å². The molecule has 0 radical (unpaired) electrons. The van der Waals surface area contributed by atoms with E-state index in [1.54, 1.807) is 23.3 Å². The lowest BCUT2D eigenvalue weighted by molar-refractivity contribution is -0.00408. The fourth-order valence-electron chi connectivity index (χ4n) is 2.59. The first kappa shape index (κ1) is 13.8. The first-order valence-corrected chi connectivity index (χ1v) is 7.11. The molecule has 1 amide bonds. The predicted octanol–water partition coefficient (Wildman–Crippen LogP) is 1.15. The molecule has 3 rings (SSSR count). The second kappa shape index (κ2) is 5.69.